The molecule has 5 rings (SSSR count). The van der Waals surface area contributed by atoms with Crippen LogP contribution in [-0.2, 0) is 34.2 Å². The van der Waals surface area contributed by atoms with E-state index in [-0.39, 0.29) is 23.1 Å². The summed E-state index contributed by atoms with van der Waals surface area (Å²) in [6, 6.07) is 29.8. The normalized spacial score (nSPS) is 13.4. The molecule has 2 amide bonds. The van der Waals surface area contributed by atoms with Gasteiger partial charge >= 0.3 is 0 Å². The van der Waals surface area contributed by atoms with E-state index < -0.39 is 10.0 Å². The highest BCUT2D eigenvalue weighted by Gasteiger charge is 2.17. The third kappa shape index (κ3) is 9.59. The lowest BCUT2D eigenvalue weighted by atomic mass is 10.0. The summed E-state index contributed by atoms with van der Waals surface area (Å²) in [5.41, 5.74) is 5.27. The van der Waals surface area contributed by atoms with Gasteiger partial charge in [0.05, 0.1) is 11.3 Å². The number of hydrogen-bond acceptors (Lipinski definition) is 5. The molecule has 0 radical (unpaired) electrons. The summed E-state index contributed by atoms with van der Waals surface area (Å²) in [7, 11) is -3.78. The molecule has 4 aromatic rings. The third-order valence-electron chi connectivity index (χ3n) is 8.19. The molecule has 1 heterocycles. The van der Waals surface area contributed by atoms with Crippen LogP contribution >= 0.6 is 15.9 Å². The smallest absolute Gasteiger partial charge is 0.251 e. The number of nitrogens with two attached hydrogens (primary N) is 1. The summed E-state index contributed by atoms with van der Waals surface area (Å²) in [6.45, 7) is 4.53. The van der Waals surface area contributed by atoms with E-state index in [2.05, 4.69) is 32.2 Å². The van der Waals surface area contributed by atoms with Gasteiger partial charge in [0.1, 0.15) is 0 Å². The molecule has 0 spiro atoms. The molecule has 8 nitrogen and oxygen atoms in total. The molecule has 0 bridgehead atoms. The second kappa shape index (κ2) is 15.6. The van der Waals surface area contributed by atoms with E-state index in [1.165, 1.54) is 25.0 Å². The fraction of sp³-hybridized carbons (Fsp3) is 0.278. The van der Waals surface area contributed by atoms with E-state index >= 15 is 0 Å². The maximum Gasteiger partial charge on any atom is 0.251 e. The number of amides is 2. The first-order valence-electron chi connectivity index (χ1n) is 15.5. The van der Waals surface area contributed by atoms with Crippen molar-refractivity contribution in [3.05, 3.63) is 124 Å². The van der Waals surface area contributed by atoms with Crippen LogP contribution in [-0.4, -0.2) is 62.8 Å². The van der Waals surface area contributed by atoms with Gasteiger partial charge in [-0.25, -0.2) is 13.6 Å². The first-order chi connectivity index (χ1) is 22.1. The Morgan fingerprint density at radius 2 is 1.50 bits per heavy atom. The minimum absolute atomic E-state index is 0.0164. The molecule has 3 N–H and O–H groups in total. The number of nitrogens with zero attached hydrogens (tertiary/aromatic N) is 2. The SMILES string of the molecule is NS(=O)(=O)c1ccc(CCN(Cc2cccc(-c3cccc(C(=O)NCCN4CCCC4)c3)c2)C(=O)Cc2cccc(Br)c2)cc1. The largest absolute Gasteiger partial charge is 0.351 e. The van der Waals surface area contributed by atoms with Crippen LogP contribution in [0, 0.1) is 0 Å². The zero-order chi connectivity index (χ0) is 32.5. The fourth-order valence-electron chi connectivity index (χ4n) is 5.68. The molecule has 1 fully saturated rings. The zero-order valence-electron chi connectivity index (χ0n) is 25.7. The summed E-state index contributed by atoms with van der Waals surface area (Å²) in [6.07, 6.45) is 3.24. The van der Waals surface area contributed by atoms with Crippen molar-refractivity contribution in [1.29, 1.82) is 0 Å². The summed E-state index contributed by atoms with van der Waals surface area (Å²) in [5.74, 6) is -0.101. The predicted molar refractivity (Wildman–Crippen MR) is 185 cm³/mol. The average Bonchev–Trinajstić information content (AvgIpc) is 3.56. The van der Waals surface area contributed by atoms with Crippen molar-refractivity contribution in [1.82, 2.24) is 15.1 Å². The van der Waals surface area contributed by atoms with Gasteiger partial charge in [0.25, 0.3) is 5.91 Å². The molecule has 0 unspecified atom stereocenters. The van der Waals surface area contributed by atoms with E-state index in [9.17, 15) is 18.0 Å². The molecule has 0 aromatic heterocycles. The van der Waals surface area contributed by atoms with Crippen LogP contribution in [0.4, 0.5) is 0 Å². The number of likely N-dealkylation sites (tertiary alicyclic amines) is 1. The number of benzene rings is 4. The van der Waals surface area contributed by atoms with Crippen molar-refractivity contribution in [3.63, 3.8) is 0 Å². The van der Waals surface area contributed by atoms with Crippen molar-refractivity contribution in [2.45, 2.75) is 37.1 Å². The van der Waals surface area contributed by atoms with Gasteiger partial charge in [-0.2, -0.15) is 0 Å². The van der Waals surface area contributed by atoms with Gasteiger partial charge in [-0.1, -0.05) is 70.5 Å². The average molecular weight is 704 g/mol. The predicted octanol–water partition coefficient (Wildman–Crippen LogP) is 5.40. The number of carbonyl (C=O) groups excluding carboxylic acids is 2. The molecular formula is C36H39BrN4O4S. The molecule has 0 atom stereocenters. The van der Waals surface area contributed by atoms with E-state index in [4.69, 9.17) is 5.14 Å². The second-order valence-corrected chi connectivity index (χ2v) is 14.1. The van der Waals surface area contributed by atoms with Gasteiger partial charge in [0.15, 0.2) is 0 Å². The van der Waals surface area contributed by atoms with Crippen LogP contribution in [0.5, 0.6) is 0 Å². The first kappa shape index (κ1) is 33.5. The highest BCUT2D eigenvalue weighted by atomic mass is 79.9. The Balaban J connectivity index is 1.30. The number of primary sulfonamides is 1. The number of nitrogens with one attached hydrogen (secondary N) is 1. The maximum atomic E-state index is 13.6. The molecule has 10 heteroatoms. The van der Waals surface area contributed by atoms with E-state index in [0.717, 1.165) is 51.9 Å². The van der Waals surface area contributed by atoms with Crippen molar-refractivity contribution >= 4 is 37.8 Å². The number of halogens is 1. The van der Waals surface area contributed by atoms with Gasteiger partial charge in [0.2, 0.25) is 15.9 Å². The Hall–Kier alpha value is -3.83. The zero-order valence-corrected chi connectivity index (χ0v) is 28.1. The Bertz CT molecular complexity index is 1770. The summed E-state index contributed by atoms with van der Waals surface area (Å²) >= 11 is 3.49. The van der Waals surface area contributed by atoms with Gasteiger partial charge in [-0.05, 0) is 103 Å². The molecule has 46 heavy (non-hydrogen) atoms. The lowest BCUT2D eigenvalue weighted by molar-refractivity contribution is -0.131. The number of rotatable bonds is 13. The second-order valence-electron chi connectivity index (χ2n) is 11.6. The van der Waals surface area contributed by atoms with Crippen LogP contribution in [0.3, 0.4) is 0 Å². The van der Waals surface area contributed by atoms with Crippen molar-refractivity contribution in [3.8, 4) is 11.1 Å². The molecule has 1 aliphatic rings. The summed E-state index contributed by atoms with van der Waals surface area (Å²) in [5, 5.41) is 8.30. The molecule has 1 saturated heterocycles. The molecule has 4 aromatic carbocycles. The van der Waals surface area contributed by atoms with E-state index in [1.54, 1.807) is 12.1 Å². The third-order valence-corrected chi connectivity index (χ3v) is 9.61. The quantitative estimate of drug-likeness (QED) is 0.194. The standard InChI is InChI=1S/C36H39BrN4O4S/c37-33-11-4-6-28(23-33)24-35(42)41(20-16-27-12-14-34(15-13-27)46(38,44)45)26-29-7-3-8-30(22-29)31-9-5-10-32(25-31)36(43)39-17-21-40-18-1-2-19-40/h3-15,22-23,25H,1-2,16-21,24,26H2,(H,39,43)(H2,38,44,45). The summed E-state index contributed by atoms with van der Waals surface area (Å²) < 4.78 is 24.3. The Morgan fingerprint density at radius 1 is 0.826 bits per heavy atom. The fourth-order valence-corrected chi connectivity index (χ4v) is 6.64. The van der Waals surface area contributed by atoms with Gasteiger partial charge in [-0.15, -0.1) is 0 Å². The Kier molecular flexibility index (Phi) is 11.4. The highest BCUT2D eigenvalue weighted by Crippen LogP contribution is 2.23. The lowest BCUT2D eigenvalue weighted by Crippen LogP contribution is -2.33. The summed E-state index contributed by atoms with van der Waals surface area (Å²) in [4.78, 5) is 30.8. The van der Waals surface area contributed by atoms with Crippen molar-refractivity contribution in [2.75, 3.05) is 32.7 Å². The molecule has 0 saturated carbocycles. The van der Waals surface area contributed by atoms with Gasteiger partial charge in [-0.3, -0.25) is 9.59 Å². The van der Waals surface area contributed by atoms with Crippen LogP contribution in [0.2, 0.25) is 0 Å². The van der Waals surface area contributed by atoms with E-state index in [0.29, 0.717) is 31.6 Å². The maximum absolute atomic E-state index is 13.6. The van der Waals surface area contributed by atoms with Crippen LogP contribution in [0.25, 0.3) is 11.1 Å². The molecule has 0 aliphatic carbocycles. The number of sulfonamides is 1. The van der Waals surface area contributed by atoms with Crippen LogP contribution in [0.1, 0.15) is 39.9 Å². The number of carbonyl (C=O) groups is 2. The van der Waals surface area contributed by atoms with Crippen molar-refractivity contribution in [2.24, 2.45) is 5.14 Å². The molecule has 1 aliphatic heterocycles. The minimum atomic E-state index is -3.78. The highest BCUT2D eigenvalue weighted by molar-refractivity contribution is 9.10. The monoisotopic (exact) mass is 702 g/mol. The number of hydrogen-bond donors (Lipinski definition) is 2. The van der Waals surface area contributed by atoms with Gasteiger partial charge < -0.3 is 15.1 Å². The minimum Gasteiger partial charge on any atom is -0.351 e. The Morgan fingerprint density at radius 3 is 2.22 bits per heavy atom. The molecular weight excluding hydrogens is 664 g/mol. The van der Waals surface area contributed by atoms with Crippen LogP contribution < -0.4 is 10.5 Å². The first-order valence-corrected chi connectivity index (χ1v) is 17.8. The Labute approximate surface area is 279 Å². The lowest BCUT2D eigenvalue weighted by Gasteiger charge is -2.24. The van der Waals surface area contributed by atoms with Gasteiger partial charge in [0, 0.05) is 36.2 Å². The van der Waals surface area contributed by atoms with E-state index in [1.807, 2.05) is 71.6 Å². The molecule has 240 valence electrons. The van der Waals surface area contributed by atoms with Crippen molar-refractivity contribution < 1.29 is 18.0 Å². The topological polar surface area (TPSA) is 113 Å². The van der Waals surface area contributed by atoms with Crippen LogP contribution in [0.15, 0.2) is 106 Å².